The monoisotopic (exact) mass is 469 g/mol. The Hall–Kier alpha value is -2.28. The minimum Gasteiger partial charge on any atom is -0.477 e. The standard InChI is InChI=1S/C18H20F5N3O4S/c1-9(24-16(27)18(21,22)23)6-28-11-4-10(5-11)7-29-14-3-2-12-15(26-14)31-17(25-12)30-8-13(19)20/h2-3,9-11,13H,4-8H2,1H3,(H,24,27)/t9-,10?,11?/m0/s1. The first kappa shape index (κ1) is 23.4. The summed E-state index contributed by atoms with van der Waals surface area (Å²) in [5.74, 6) is -1.42. The summed E-state index contributed by atoms with van der Waals surface area (Å²) in [6.07, 6.45) is -6.26. The fourth-order valence-corrected chi connectivity index (χ4v) is 3.62. The number of thiazole rings is 1. The molecule has 1 amide bonds. The lowest BCUT2D eigenvalue weighted by Gasteiger charge is -2.35. The van der Waals surface area contributed by atoms with Crippen LogP contribution in [0.2, 0.25) is 0 Å². The summed E-state index contributed by atoms with van der Waals surface area (Å²) in [5, 5.41) is 1.95. The van der Waals surface area contributed by atoms with Crippen molar-refractivity contribution >= 4 is 27.6 Å². The van der Waals surface area contributed by atoms with Gasteiger partial charge in [0.15, 0.2) is 11.4 Å². The van der Waals surface area contributed by atoms with E-state index in [4.69, 9.17) is 14.2 Å². The lowest BCUT2D eigenvalue weighted by atomic mass is 9.83. The molecule has 2 aromatic rings. The van der Waals surface area contributed by atoms with Gasteiger partial charge in [-0.15, -0.1) is 0 Å². The lowest BCUT2D eigenvalue weighted by Crippen LogP contribution is -2.45. The van der Waals surface area contributed by atoms with E-state index in [0.29, 0.717) is 35.7 Å². The van der Waals surface area contributed by atoms with Crippen LogP contribution in [0.1, 0.15) is 19.8 Å². The number of aromatic nitrogens is 2. The van der Waals surface area contributed by atoms with E-state index in [2.05, 4.69) is 9.97 Å². The molecule has 0 aromatic carbocycles. The van der Waals surface area contributed by atoms with E-state index < -0.39 is 31.2 Å². The SMILES string of the molecule is C[C@@H](COC1CC(COc2ccc3nc(OCC(F)F)sc3n2)C1)NC(=O)C(F)(F)F. The van der Waals surface area contributed by atoms with Gasteiger partial charge in [0.25, 0.3) is 11.6 Å². The maximum atomic E-state index is 12.2. The van der Waals surface area contributed by atoms with Crippen LogP contribution in [0.5, 0.6) is 11.1 Å². The van der Waals surface area contributed by atoms with E-state index in [0.717, 1.165) is 11.3 Å². The smallest absolute Gasteiger partial charge is 0.471 e. The normalized spacial score (nSPS) is 19.8. The number of rotatable bonds is 10. The molecule has 0 aliphatic heterocycles. The van der Waals surface area contributed by atoms with Gasteiger partial charge in [0.1, 0.15) is 5.52 Å². The van der Waals surface area contributed by atoms with Crippen molar-refractivity contribution < 1.29 is 41.0 Å². The third kappa shape index (κ3) is 6.86. The van der Waals surface area contributed by atoms with E-state index >= 15 is 0 Å². The molecule has 1 aliphatic rings. The quantitative estimate of drug-likeness (QED) is 0.536. The number of ether oxygens (including phenoxy) is 3. The Morgan fingerprint density at radius 3 is 2.65 bits per heavy atom. The van der Waals surface area contributed by atoms with Gasteiger partial charge in [0, 0.05) is 12.1 Å². The molecule has 1 fully saturated rings. The molecule has 172 valence electrons. The summed E-state index contributed by atoms with van der Waals surface area (Å²) in [5.41, 5.74) is 0.519. The topological polar surface area (TPSA) is 82.6 Å². The number of fused-ring (bicyclic) bond motifs is 1. The zero-order valence-corrected chi connectivity index (χ0v) is 17.1. The summed E-state index contributed by atoms with van der Waals surface area (Å²) in [7, 11) is 0. The number of pyridine rings is 1. The maximum Gasteiger partial charge on any atom is 0.471 e. The highest BCUT2D eigenvalue weighted by Gasteiger charge is 2.39. The first-order valence-electron chi connectivity index (χ1n) is 9.40. The van der Waals surface area contributed by atoms with Crippen LogP contribution in [0.3, 0.4) is 0 Å². The number of nitrogens with zero attached hydrogens (tertiary/aromatic N) is 2. The predicted molar refractivity (Wildman–Crippen MR) is 101 cm³/mol. The number of alkyl halides is 5. The van der Waals surface area contributed by atoms with Gasteiger partial charge in [-0.3, -0.25) is 4.79 Å². The highest BCUT2D eigenvalue weighted by molar-refractivity contribution is 7.19. The van der Waals surface area contributed by atoms with Crippen LogP contribution < -0.4 is 14.8 Å². The fourth-order valence-electron chi connectivity index (χ4n) is 2.83. The second-order valence-corrected chi connectivity index (χ2v) is 8.07. The first-order chi connectivity index (χ1) is 14.6. The number of nitrogens with one attached hydrogen (secondary N) is 1. The Labute approximate surface area is 177 Å². The fraction of sp³-hybridized carbons (Fsp3) is 0.611. The first-order valence-corrected chi connectivity index (χ1v) is 10.2. The minimum atomic E-state index is -4.91. The van der Waals surface area contributed by atoms with E-state index in [9.17, 15) is 26.7 Å². The number of halogens is 5. The Bertz CT molecular complexity index is 889. The number of hydrogen-bond acceptors (Lipinski definition) is 7. The number of carbonyl (C=O) groups is 1. The largest absolute Gasteiger partial charge is 0.477 e. The molecule has 0 bridgehead atoms. The average Bonchev–Trinajstić information content (AvgIpc) is 3.06. The van der Waals surface area contributed by atoms with Crippen molar-refractivity contribution in [3.8, 4) is 11.1 Å². The van der Waals surface area contributed by atoms with E-state index in [-0.39, 0.29) is 23.8 Å². The predicted octanol–water partition coefficient (Wildman–Crippen LogP) is 3.58. The Morgan fingerprint density at radius 2 is 1.97 bits per heavy atom. The molecular formula is C18H20F5N3O4S. The molecule has 0 radical (unpaired) electrons. The molecule has 1 atom stereocenters. The molecule has 1 aliphatic carbocycles. The molecule has 3 rings (SSSR count). The summed E-state index contributed by atoms with van der Waals surface area (Å²) in [4.78, 5) is 19.7. The van der Waals surface area contributed by atoms with Gasteiger partial charge < -0.3 is 19.5 Å². The van der Waals surface area contributed by atoms with Crippen LogP contribution in [0.15, 0.2) is 12.1 Å². The van der Waals surface area contributed by atoms with Crippen molar-refractivity contribution in [1.82, 2.24) is 15.3 Å². The second kappa shape index (κ2) is 9.90. The van der Waals surface area contributed by atoms with Crippen molar-refractivity contribution in [2.75, 3.05) is 19.8 Å². The molecular weight excluding hydrogens is 449 g/mol. The molecule has 0 spiro atoms. The van der Waals surface area contributed by atoms with E-state index in [1.165, 1.54) is 6.92 Å². The Kier molecular flexibility index (Phi) is 7.46. The molecule has 13 heteroatoms. The molecule has 1 N–H and O–H groups in total. The molecule has 2 heterocycles. The average molecular weight is 469 g/mol. The summed E-state index contributed by atoms with van der Waals surface area (Å²) in [6.45, 7) is 1.07. The lowest BCUT2D eigenvalue weighted by molar-refractivity contribution is -0.175. The number of amides is 1. The van der Waals surface area contributed by atoms with Crippen molar-refractivity contribution in [2.24, 2.45) is 5.92 Å². The van der Waals surface area contributed by atoms with Crippen LogP contribution in [0, 0.1) is 5.92 Å². The van der Waals surface area contributed by atoms with Gasteiger partial charge >= 0.3 is 12.1 Å². The summed E-state index contributed by atoms with van der Waals surface area (Å²) >= 11 is 1.04. The van der Waals surface area contributed by atoms with E-state index in [1.54, 1.807) is 12.1 Å². The van der Waals surface area contributed by atoms with Crippen LogP contribution in [-0.2, 0) is 9.53 Å². The molecule has 0 saturated heterocycles. The zero-order chi connectivity index (χ0) is 22.6. The van der Waals surface area contributed by atoms with Gasteiger partial charge in [-0.1, -0.05) is 11.3 Å². The van der Waals surface area contributed by atoms with Crippen molar-refractivity contribution in [1.29, 1.82) is 0 Å². The highest BCUT2D eigenvalue weighted by Crippen LogP contribution is 2.32. The Morgan fingerprint density at radius 1 is 1.23 bits per heavy atom. The minimum absolute atomic E-state index is 0.0143. The molecule has 0 unspecified atom stereocenters. The number of carbonyl (C=O) groups excluding carboxylic acids is 1. The molecule has 7 nitrogen and oxygen atoms in total. The third-order valence-corrected chi connectivity index (χ3v) is 5.30. The van der Waals surface area contributed by atoms with Crippen molar-refractivity contribution in [3.63, 3.8) is 0 Å². The van der Waals surface area contributed by atoms with Gasteiger partial charge in [-0.25, -0.2) is 18.7 Å². The maximum absolute atomic E-state index is 12.2. The Balaban J connectivity index is 1.36. The summed E-state index contributed by atoms with van der Waals surface area (Å²) in [6, 6.07) is 2.53. The van der Waals surface area contributed by atoms with Gasteiger partial charge in [0.05, 0.1) is 19.3 Å². The molecule has 31 heavy (non-hydrogen) atoms. The van der Waals surface area contributed by atoms with E-state index in [1.807, 2.05) is 5.32 Å². The molecule has 2 aromatic heterocycles. The third-order valence-electron chi connectivity index (χ3n) is 4.42. The van der Waals surface area contributed by atoms with Crippen LogP contribution >= 0.6 is 11.3 Å². The highest BCUT2D eigenvalue weighted by atomic mass is 32.1. The van der Waals surface area contributed by atoms with Crippen molar-refractivity contribution in [3.05, 3.63) is 12.1 Å². The number of hydrogen-bond donors (Lipinski definition) is 1. The summed E-state index contributed by atoms with van der Waals surface area (Å²) < 4.78 is 77.1. The van der Waals surface area contributed by atoms with Crippen LogP contribution in [0.25, 0.3) is 10.3 Å². The zero-order valence-electron chi connectivity index (χ0n) is 16.3. The van der Waals surface area contributed by atoms with Gasteiger partial charge in [-0.2, -0.15) is 13.2 Å². The second-order valence-electron chi connectivity index (χ2n) is 7.13. The van der Waals surface area contributed by atoms with Crippen LogP contribution in [0.4, 0.5) is 22.0 Å². The van der Waals surface area contributed by atoms with Gasteiger partial charge in [0.2, 0.25) is 5.88 Å². The molecule has 1 saturated carbocycles. The van der Waals surface area contributed by atoms with Gasteiger partial charge in [-0.05, 0) is 31.7 Å². The van der Waals surface area contributed by atoms with Crippen molar-refractivity contribution in [2.45, 2.75) is 44.5 Å². The van der Waals surface area contributed by atoms with Crippen LogP contribution in [-0.4, -0.2) is 60.4 Å².